The number of aromatic nitrogens is 2. The van der Waals surface area contributed by atoms with Crippen LogP contribution in [0.4, 0.5) is 5.82 Å². The number of amides is 1. The molecular weight excluding hydrogens is 394 g/mol. The van der Waals surface area contributed by atoms with Gasteiger partial charge in [-0.3, -0.25) is 4.79 Å². The van der Waals surface area contributed by atoms with Crippen LogP contribution in [0.15, 0.2) is 53.1 Å². The average Bonchev–Trinajstić information content (AvgIpc) is 3.05. The van der Waals surface area contributed by atoms with E-state index in [1.54, 1.807) is 11.8 Å². The lowest BCUT2D eigenvalue weighted by atomic mass is 9.87. The zero-order valence-corrected chi connectivity index (χ0v) is 16.1. The highest BCUT2D eigenvalue weighted by molar-refractivity contribution is 9.10. The number of benzene rings is 2. The van der Waals surface area contributed by atoms with Gasteiger partial charge in [-0.15, -0.1) is 0 Å². The Morgan fingerprint density at radius 2 is 1.96 bits per heavy atom. The summed E-state index contributed by atoms with van der Waals surface area (Å²) in [6.07, 6.45) is 2.19. The molecule has 132 valence electrons. The van der Waals surface area contributed by atoms with Crippen LogP contribution in [0.25, 0.3) is 5.69 Å². The van der Waals surface area contributed by atoms with Crippen LogP contribution >= 0.6 is 15.9 Å². The zero-order valence-electron chi connectivity index (χ0n) is 14.5. The van der Waals surface area contributed by atoms with E-state index < -0.39 is 0 Å². The first-order valence-electron chi connectivity index (χ1n) is 8.35. The van der Waals surface area contributed by atoms with Gasteiger partial charge in [-0.1, -0.05) is 33.6 Å². The largest absolute Gasteiger partial charge is 0.496 e. The molecule has 0 fully saturated rings. The third kappa shape index (κ3) is 2.90. The topological polar surface area (TPSA) is 56.1 Å². The first kappa shape index (κ1) is 16.8. The molecule has 2 heterocycles. The molecule has 1 aliphatic rings. The standard InChI is InChI=1S/C20H18BrN3O2/c1-12-3-6-14(7-4-12)24-20-17(11-22-24)15(10-19(25)23-20)16-9-13(21)5-8-18(16)26-2/h3-9,11,15H,10H2,1-2H3,(H,23,25)/t15-/m0/s1. The lowest BCUT2D eigenvalue weighted by Crippen LogP contribution is -2.24. The lowest BCUT2D eigenvalue weighted by Gasteiger charge is -2.25. The third-order valence-electron chi connectivity index (χ3n) is 4.67. The van der Waals surface area contributed by atoms with Crippen molar-refractivity contribution in [1.29, 1.82) is 0 Å². The van der Waals surface area contributed by atoms with E-state index in [0.29, 0.717) is 6.42 Å². The van der Waals surface area contributed by atoms with Crippen LogP contribution in [-0.2, 0) is 4.79 Å². The highest BCUT2D eigenvalue weighted by Crippen LogP contribution is 2.42. The van der Waals surface area contributed by atoms with Gasteiger partial charge in [-0.05, 0) is 37.3 Å². The van der Waals surface area contributed by atoms with E-state index in [0.717, 1.165) is 32.9 Å². The summed E-state index contributed by atoms with van der Waals surface area (Å²) in [5, 5.41) is 7.52. The summed E-state index contributed by atoms with van der Waals surface area (Å²) >= 11 is 3.52. The first-order valence-corrected chi connectivity index (χ1v) is 9.14. The summed E-state index contributed by atoms with van der Waals surface area (Å²) in [7, 11) is 1.65. The minimum absolute atomic E-state index is 0.0293. The van der Waals surface area contributed by atoms with E-state index in [2.05, 4.69) is 26.3 Å². The molecule has 1 atom stereocenters. The Labute approximate surface area is 160 Å². The molecule has 26 heavy (non-hydrogen) atoms. The van der Waals surface area contributed by atoms with Crippen molar-refractivity contribution < 1.29 is 9.53 Å². The molecule has 5 nitrogen and oxygen atoms in total. The van der Waals surface area contributed by atoms with Crippen LogP contribution in [0.5, 0.6) is 5.75 Å². The summed E-state index contributed by atoms with van der Waals surface area (Å²) in [6, 6.07) is 13.9. The summed E-state index contributed by atoms with van der Waals surface area (Å²) in [4.78, 5) is 12.4. The SMILES string of the molecule is COc1ccc(Br)cc1[C@@H]1CC(=O)Nc2c1cnn2-c1ccc(C)cc1. The van der Waals surface area contributed by atoms with Gasteiger partial charge in [0.1, 0.15) is 11.6 Å². The van der Waals surface area contributed by atoms with E-state index in [1.165, 1.54) is 5.56 Å². The van der Waals surface area contributed by atoms with Crippen molar-refractivity contribution in [2.45, 2.75) is 19.3 Å². The maximum Gasteiger partial charge on any atom is 0.226 e. The smallest absolute Gasteiger partial charge is 0.226 e. The molecule has 0 radical (unpaired) electrons. The quantitative estimate of drug-likeness (QED) is 0.693. The van der Waals surface area contributed by atoms with Gasteiger partial charge in [0, 0.05) is 27.9 Å². The van der Waals surface area contributed by atoms with Crippen LogP contribution in [0.1, 0.15) is 29.0 Å². The number of hydrogen-bond donors (Lipinski definition) is 1. The number of carbonyl (C=O) groups is 1. The fourth-order valence-corrected chi connectivity index (χ4v) is 3.74. The fraction of sp³-hybridized carbons (Fsp3) is 0.200. The summed E-state index contributed by atoms with van der Waals surface area (Å²) < 4.78 is 8.26. The number of anilines is 1. The van der Waals surface area contributed by atoms with Crippen molar-refractivity contribution in [2.24, 2.45) is 0 Å². The molecule has 4 rings (SSSR count). The molecule has 1 aromatic heterocycles. The average molecular weight is 412 g/mol. The Bertz CT molecular complexity index is 979. The maximum absolute atomic E-state index is 12.4. The van der Waals surface area contributed by atoms with Gasteiger partial charge in [-0.25, -0.2) is 4.68 Å². The number of methoxy groups -OCH3 is 1. The number of fused-ring (bicyclic) bond motifs is 1. The second-order valence-corrected chi connectivity index (χ2v) is 7.30. The molecule has 3 aromatic rings. The van der Waals surface area contributed by atoms with Gasteiger partial charge in [0.25, 0.3) is 0 Å². The third-order valence-corrected chi connectivity index (χ3v) is 5.16. The van der Waals surface area contributed by atoms with Gasteiger partial charge in [0.2, 0.25) is 5.91 Å². The van der Waals surface area contributed by atoms with Gasteiger partial charge in [0.15, 0.2) is 0 Å². The maximum atomic E-state index is 12.4. The van der Waals surface area contributed by atoms with E-state index in [4.69, 9.17) is 4.74 Å². The fourth-order valence-electron chi connectivity index (χ4n) is 3.36. The molecule has 0 spiro atoms. The van der Waals surface area contributed by atoms with Crippen molar-refractivity contribution in [1.82, 2.24) is 9.78 Å². The molecule has 0 unspecified atom stereocenters. The van der Waals surface area contributed by atoms with Gasteiger partial charge in [-0.2, -0.15) is 5.10 Å². The number of carbonyl (C=O) groups excluding carboxylic acids is 1. The highest BCUT2D eigenvalue weighted by atomic mass is 79.9. The van der Waals surface area contributed by atoms with Crippen LogP contribution in [-0.4, -0.2) is 22.8 Å². The lowest BCUT2D eigenvalue weighted by molar-refractivity contribution is -0.116. The number of rotatable bonds is 3. The van der Waals surface area contributed by atoms with Crippen molar-refractivity contribution >= 4 is 27.7 Å². The highest BCUT2D eigenvalue weighted by Gasteiger charge is 2.32. The van der Waals surface area contributed by atoms with Crippen LogP contribution < -0.4 is 10.1 Å². The number of hydrogen-bond acceptors (Lipinski definition) is 3. The van der Waals surface area contributed by atoms with Crippen molar-refractivity contribution in [2.75, 3.05) is 12.4 Å². The van der Waals surface area contributed by atoms with Gasteiger partial charge >= 0.3 is 0 Å². The Morgan fingerprint density at radius 3 is 2.69 bits per heavy atom. The molecule has 6 heteroatoms. The Kier molecular flexibility index (Phi) is 4.28. The molecule has 0 bridgehead atoms. The normalized spacial score (nSPS) is 16.1. The Balaban J connectivity index is 1.84. The van der Waals surface area contributed by atoms with Gasteiger partial charge < -0.3 is 10.1 Å². The van der Waals surface area contributed by atoms with Crippen molar-refractivity contribution in [3.63, 3.8) is 0 Å². The number of aryl methyl sites for hydroxylation is 1. The second-order valence-electron chi connectivity index (χ2n) is 6.39. The molecule has 0 aliphatic carbocycles. The van der Waals surface area contributed by atoms with Crippen molar-refractivity contribution in [3.8, 4) is 11.4 Å². The predicted octanol–water partition coefficient (Wildman–Crippen LogP) is 4.43. The molecule has 1 amide bonds. The second kappa shape index (κ2) is 6.61. The number of nitrogens with zero attached hydrogens (tertiary/aromatic N) is 2. The first-order chi connectivity index (χ1) is 12.6. The number of ether oxygens (including phenoxy) is 1. The molecule has 1 aliphatic heterocycles. The minimum Gasteiger partial charge on any atom is -0.496 e. The predicted molar refractivity (Wildman–Crippen MR) is 104 cm³/mol. The van der Waals surface area contributed by atoms with Crippen LogP contribution in [0, 0.1) is 6.92 Å². The monoisotopic (exact) mass is 411 g/mol. The number of nitrogens with one attached hydrogen (secondary N) is 1. The molecule has 0 saturated carbocycles. The van der Waals surface area contributed by atoms with Crippen LogP contribution in [0.3, 0.4) is 0 Å². The van der Waals surface area contributed by atoms with E-state index >= 15 is 0 Å². The number of halogens is 1. The van der Waals surface area contributed by atoms with E-state index in [-0.39, 0.29) is 11.8 Å². The molecule has 0 saturated heterocycles. The molecular formula is C20H18BrN3O2. The Morgan fingerprint density at radius 1 is 1.19 bits per heavy atom. The Hall–Kier alpha value is -2.60. The zero-order chi connectivity index (χ0) is 18.3. The summed E-state index contributed by atoms with van der Waals surface area (Å²) in [5.41, 5.74) is 4.05. The summed E-state index contributed by atoms with van der Waals surface area (Å²) in [6.45, 7) is 2.04. The molecule has 2 aromatic carbocycles. The molecule has 1 N–H and O–H groups in total. The summed E-state index contributed by atoms with van der Waals surface area (Å²) in [5.74, 6) is 1.35. The van der Waals surface area contributed by atoms with Crippen molar-refractivity contribution in [3.05, 3.63) is 69.8 Å². The van der Waals surface area contributed by atoms with E-state index in [9.17, 15) is 4.79 Å². The van der Waals surface area contributed by atoms with E-state index in [1.807, 2.05) is 55.6 Å². The van der Waals surface area contributed by atoms with Crippen LogP contribution in [0.2, 0.25) is 0 Å². The van der Waals surface area contributed by atoms with Gasteiger partial charge in [0.05, 0.1) is 19.0 Å². The minimum atomic E-state index is -0.106.